The van der Waals surface area contributed by atoms with Crippen LogP contribution in [0.25, 0.3) is 5.65 Å². The van der Waals surface area contributed by atoms with Crippen molar-refractivity contribution in [2.24, 2.45) is 17.3 Å². The number of pyridine rings is 1. The Morgan fingerprint density at radius 1 is 1.26 bits per heavy atom. The van der Waals surface area contributed by atoms with Gasteiger partial charge in [0.1, 0.15) is 0 Å². The highest BCUT2D eigenvalue weighted by atomic mass is 16.3. The topological polar surface area (TPSA) is 79.8 Å². The number of hydrogen-bond donors (Lipinski definition) is 1. The maximum atomic E-state index is 13.2. The summed E-state index contributed by atoms with van der Waals surface area (Å²) in [5, 5.41) is 15.9. The number of nitrogens with zero attached hydrogens (tertiary/aromatic N) is 4. The molecule has 1 saturated heterocycles. The van der Waals surface area contributed by atoms with Crippen LogP contribution >= 0.6 is 0 Å². The van der Waals surface area contributed by atoms with Gasteiger partial charge in [-0.2, -0.15) is 0 Å². The lowest BCUT2D eigenvalue weighted by Crippen LogP contribution is -2.61. The second-order valence-electron chi connectivity index (χ2n) is 10.4. The molecule has 0 aromatic carbocycles. The minimum absolute atomic E-state index is 0.0196. The highest BCUT2D eigenvalue weighted by Crippen LogP contribution is 2.40. The number of likely N-dealkylation sites (tertiary alicyclic amines) is 1. The zero-order valence-corrected chi connectivity index (χ0v) is 19.1. The van der Waals surface area contributed by atoms with Crippen LogP contribution in [-0.4, -0.2) is 48.8 Å². The van der Waals surface area contributed by atoms with Crippen molar-refractivity contribution in [3.8, 4) is 0 Å². The van der Waals surface area contributed by atoms with E-state index >= 15 is 0 Å². The molecule has 7 nitrogen and oxygen atoms in total. The Morgan fingerprint density at radius 2 is 2.00 bits per heavy atom. The lowest BCUT2D eigenvalue weighted by Gasteiger charge is -2.50. The number of aliphatic hydroxyl groups is 1. The molecule has 1 saturated carbocycles. The number of piperidine rings is 1. The van der Waals surface area contributed by atoms with E-state index in [4.69, 9.17) is 0 Å². The molecule has 0 bridgehead atoms. The van der Waals surface area contributed by atoms with Crippen molar-refractivity contribution >= 4 is 11.6 Å². The molecule has 2 aromatic heterocycles. The molecule has 1 amide bonds. The fourth-order valence-corrected chi connectivity index (χ4v) is 5.50. The standard InChI is InChI=1S/C24H36N4O3/c1-18(15-19-9-5-4-6-10-19)21(29)26-14-12-24(31,23(2,3)16-26)17-28-22(30)27-13-8-7-11-20(27)25-28/h7-8,11,13,18-19,31H,4-6,9-10,12,14-17H2,1-3H3/t18-,24?/m1/s1. The van der Waals surface area contributed by atoms with E-state index in [2.05, 4.69) is 12.0 Å². The van der Waals surface area contributed by atoms with Gasteiger partial charge in [0.2, 0.25) is 5.91 Å². The first-order valence-corrected chi connectivity index (χ1v) is 11.8. The Kier molecular flexibility index (Phi) is 5.99. The molecule has 31 heavy (non-hydrogen) atoms. The maximum Gasteiger partial charge on any atom is 0.350 e. The molecule has 2 atom stereocenters. The van der Waals surface area contributed by atoms with Gasteiger partial charge < -0.3 is 10.0 Å². The van der Waals surface area contributed by atoms with Gasteiger partial charge in [-0.1, -0.05) is 58.9 Å². The molecule has 7 heteroatoms. The third-order valence-corrected chi connectivity index (χ3v) is 7.69. The smallest absolute Gasteiger partial charge is 0.350 e. The van der Waals surface area contributed by atoms with Crippen molar-refractivity contribution in [3.05, 3.63) is 34.9 Å². The molecule has 3 heterocycles. The molecule has 1 N–H and O–H groups in total. The monoisotopic (exact) mass is 428 g/mol. The van der Waals surface area contributed by atoms with Crippen molar-refractivity contribution in [2.75, 3.05) is 13.1 Å². The Balaban J connectivity index is 1.44. The summed E-state index contributed by atoms with van der Waals surface area (Å²) < 4.78 is 2.85. The van der Waals surface area contributed by atoms with E-state index in [1.165, 1.54) is 41.2 Å². The third kappa shape index (κ3) is 4.29. The predicted octanol–water partition coefficient (Wildman–Crippen LogP) is 3.09. The number of rotatable bonds is 5. The quantitative estimate of drug-likeness (QED) is 0.794. The number of fused-ring (bicyclic) bond motifs is 1. The Bertz CT molecular complexity index is 988. The summed E-state index contributed by atoms with van der Waals surface area (Å²) in [5.74, 6) is 0.890. The molecule has 170 valence electrons. The molecule has 0 spiro atoms. The molecule has 2 fully saturated rings. The van der Waals surface area contributed by atoms with Crippen LogP contribution in [0.2, 0.25) is 0 Å². The molecular weight excluding hydrogens is 392 g/mol. The lowest BCUT2D eigenvalue weighted by molar-refractivity contribution is -0.157. The summed E-state index contributed by atoms with van der Waals surface area (Å²) >= 11 is 0. The van der Waals surface area contributed by atoms with Crippen molar-refractivity contribution in [1.82, 2.24) is 19.1 Å². The highest BCUT2D eigenvalue weighted by Gasteiger charge is 2.49. The zero-order valence-electron chi connectivity index (χ0n) is 19.1. The molecule has 4 rings (SSSR count). The van der Waals surface area contributed by atoms with Crippen LogP contribution in [0.15, 0.2) is 29.2 Å². The summed E-state index contributed by atoms with van der Waals surface area (Å²) in [7, 11) is 0. The van der Waals surface area contributed by atoms with Crippen molar-refractivity contribution in [2.45, 2.75) is 77.9 Å². The van der Waals surface area contributed by atoms with Gasteiger partial charge in [-0.05, 0) is 30.9 Å². The first-order chi connectivity index (χ1) is 14.7. The fraction of sp³-hybridized carbons (Fsp3) is 0.708. The summed E-state index contributed by atoms with van der Waals surface area (Å²) in [5.41, 5.74) is -1.35. The van der Waals surface area contributed by atoms with Gasteiger partial charge >= 0.3 is 5.69 Å². The van der Waals surface area contributed by atoms with E-state index in [-0.39, 0.29) is 24.1 Å². The molecule has 2 aliphatic rings. The molecular formula is C24H36N4O3. The van der Waals surface area contributed by atoms with E-state index < -0.39 is 11.0 Å². The van der Waals surface area contributed by atoms with Gasteiger partial charge in [0.15, 0.2) is 5.65 Å². The summed E-state index contributed by atoms with van der Waals surface area (Å²) in [4.78, 5) is 27.8. The molecule has 1 aliphatic carbocycles. The molecule has 2 aromatic rings. The van der Waals surface area contributed by atoms with E-state index in [0.29, 0.717) is 31.1 Å². The van der Waals surface area contributed by atoms with Gasteiger partial charge in [0.25, 0.3) is 0 Å². The minimum atomic E-state index is -1.11. The van der Waals surface area contributed by atoms with Crippen LogP contribution in [0.3, 0.4) is 0 Å². The third-order valence-electron chi connectivity index (χ3n) is 7.69. The SMILES string of the molecule is C[C@H](CC1CCCCC1)C(=O)N1CCC(O)(Cn2nc3ccccn3c2=O)C(C)(C)C1. The van der Waals surface area contributed by atoms with Crippen LogP contribution in [-0.2, 0) is 11.3 Å². The van der Waals surface area contributed by atoms with Gasteiger partial charge in [0, 0.05) is 30.6 Å². The molecule has 0 radical (unpaired) electrons. The number of carbonyl (C=O) groups is 1. The first kappa shape index (κ1) is 22.1. The maximum absolute atomic E-state index is 13.2. The summed E-state index contributed by atoms with van der Waals surface area (Å²) in [6, 6.07) is 5.41. The van der Waals surface area contributed by atoms with Crippen LogP contribution in [0.5, 0.6) is 0 Å². The van der Waals surface area contributed by atoms with Crippen molar-refractivity contribution in [1.29, 1.82) is 0 Å². The second-order valence-corrected chi connectivity index (χ2v) is 10.4. The van der Waals surface area contributed by atoms with Crippen LogP contribution in [0.1, 0.15) is 65.7 Å². The second kappa shape index (κ2) is 8.41. The fourth-order valence-electron chi connectivity index (χ4n) is 5.50. The van der Waals surface area contributed by atoms with E-state index in [0.717, 1.165) is 6.42 Å². The lowest BCUT2D eigenvalue weighted by atomic mass is 9.69. The average molecular weight is 429 g/mol. The van der Waals surface area contributed by atoms with Gasteiger partial charge in [0.05, 0.1) is 12.1 Å². The van der Waals surface area contributed by atoms with Crippen LogP contribution < -0.4 is 5.69 Å². The highest BCUT2D eigenvalue weighted by molar-refractivity contribution is 5.78. The van der Waals surface area contributed by atoms with Crippen molar-refractivity contribution in [3.63, 3.8) is 0 Å². The number of amides is 1. The normalized spacial score (nSPS) is 25.6. The summed E-state index contributed by atoms with van der Waals surface area (Å²) in [6.45, 7) is 7.15. The zero-order chi connectivity index (χ0) is 22.2. The summed E-state index contributed by atoms with van der Waals surface area (Å²) in [6.07, 6.45) is 9.49. The number of hydrogen-bond acceptors (Lipinski definition) is 4. The molecule has 1 aliphatic heterocycles. The van der Waals surface area contributed by atoms with Crippen LogP contribution in [0.4, 0.5) is 0 Å². The van der Waals surface area contributed by atoms with Gasteiger partial charge in [-0.25, -0.2) is 9.48 Å². The Hall–Kier alpha value is -2.15. The van der Waals surface area contributed by atoms with Crippen LogP contribution in [0, 0.1) is 17.3 Å². The first-order valence-electron chi connectivity index (χ1n) is 11.8. The van der Waals surface area contributed by atoms with Crippen molar-refractivity contribution < 1.29 is 9.90 Å². The van der Waals surface area contributed by atoms with E-state index in [1.54, 1.807) is 18.3 Å². The predicted molar refractivity (Wildman–Crippen MR) is 120 cm³/mol. The van der Waals surface area contributed by atoms with E-state index in [9.17, 15) is 14.7 Å². The van der Waals surface area contributed by atoms with Gasteiger partial charge in [-0.15, -0.1) is 5.10 Å². The molecule has 1 unspecified atom stereocenters. The average Bonchev–Trinajstić information content (AvgIpc) is 3.05. The largest absolute Gasteiger partial charge is 0.387 e. The number of carbonyl (C=O) groups excluding carboxylic acids is 1. The minimum Gasteiger partial charge on any atom is -0.387 e. The Labute approximate surface area is 184 Å². The number of aromatic nitrogens is 3. The van der Waals surface area contributed by atoms with Gasteiger partial charge in [-0.3, -0.25) is 9.20 Å². The Morgan fingerprint density at radius 3 is 2.68 bits per heavy atom. The van der Waals surface area contributed by atoms with E-state index in [1.807, 2.05) is 24.8 Å².